The molecule has 4 N–H and O–H groups in total. The van der Waals surface area contributed by atoms with Gasteiger partial charge in [-0.1, -0.05) is 47.2 Å². The molecule has 0 aliphatic rings. The molecule has 1 aromatic heterocycles. The molecule has 0 radical (unpaired) electrons. The fourth-order valence-electron chi connectivity index (χ4n) is 1.79. The van der Waals surface area contributed by atoms with Crippen LogP contribution in [0, 0.1) is 0 Å². The van der Waals surface area contributed by atoms with E-state index in [9.17, 15) is 0 Å². The van der Waals surface area contributed by atoms with E-state index in [1.807, 2.05) is 42.5 Å². The normalized spacial score (nSPS) is 11.6. The van der Waals surface area contributed by atoms with Gasteiger partial charge in [-0.2, -0.15) is 4.99 Å². The molecule has 7 heteroatoms. The summed E-state index contributed by atoms with van der Waals surface area (Å²) >= 11 is 7.58. The molecule has 0 aliphatic heterocycles. The number of hydrogen-bond donors (Lipinski definition) is 3. The summed E-state index contributed by atoms with van der Waals surface area (Å²) in [4.78, 5) is 8.80. The van der Waals surface area contributed by atoms with Crippen LogP contribution in [0.1, 0.15) is 0 Å². The number of nitrogens with zero attached hydrogens (tertiary/aromatic N) is 2. The maximum absolute atomic E-state index is 6.09. The van der Waals surface area contributed by atoms with Gasteiger partial charge in [0.1, 0.15) is 0 Å². The Bertz CT molecular complexity index is 766. The quantitative estimate of drug-likeness (QED) is 0.292. The zero-order valence-electron chi connectivity index (χ0n) is 10.9. The van der Waals surface area contributed by atoms with Gasteiger partial charge in [0.05, 0.1) is 20.9 Å². The van der Waals surface area contributed by atoms with Crippen molar-refractivity contribution in [1.29, 1.82) is 0 Å². The first-order valence-corrected chi connectivity index (χ1v) is 7.38. The minimum atomic E-state index is 0.377. The van der Waals surface area contributed by atoms with Crippen LogP contribution in [0.4, 0.5) is 10.8 Å². The number of aliphatic imine (C=N–C) groups is 1. The van der Waals surface area contributed by atoms with Crippen LogP contribution in [0.3, 0.4) is 0 Å². The number of guanidine groups is 1. The second kappa shape index (κ2) is 6.09. The third kappa shape index (κ3) is 3.13. The molecule has 106 valence electrons. The zero-order valence-corrected chi connectivity index (χ0v) is 12.4. The highest BCUT2D eigenvalue weighted by molar-refractivity contribution is 7.22. The maximum Gasteiger partial charge on any atom is 0.217 e. The number of thiazole rings is 1. The molecule has 0 saturated heterocycles. The zero-order chi connectivity index (χ0) is 14.7. The van der Waals surface area contributed by atoms with Crippen LogP contribution in [0.5, 0.6) is 0 Å². The molecule has 5 nitrogen and oxygen atoms in total. The maximum atomic E-state index is 6.09. The van der Waals surface area contributed by atoms with Crippen LogP contribution in [-0.4, -0.2) is 10.9 Å². The van der Waals surface area contributed by atoms with E-state index in [1.54, 1.807) is 6.07 Å². The predicted octanol–water partition coefficient (Wildman–Crippen LogP) is 3.51. The van der Waals surface area contributed by atoms with E-state index in [2.05, 4.69) is 20.7 Å². The van der Waals surface area contributed by atoms with Crippen molar-refractivity contribution >= 4 is 49.9 Å². The monoisotopic (exact) mass is 317 g/mol. The van der Waals surface area contributed by atoms with Gasteiger partial charge in [0.25, 0.3) is 0 Å². The Morgan fingerprint density at radius 1 is 1.14 bits per heavy atom. The van der Waals surface area contributed by atoms with Crippen LogP contribution < -0.4 is 16.6 Å². The summed E-state index contributed by atoms with van der Waals surface area (Å²) in [6.07, 6.45) is 0. The van der Waals surface area contributed by atoms with Gasteiger partial charge in [0.15, 0.2) is 0 Å². The van der Waals surface area contributed by atoms with Crippen LogP contribution >= 0.6 is 22.9 Å². The van der Waals surface area contributed by atoms with E-state index in [0.29, 0.717) is 16.1 Å². The molecule has 1 heterocycles. The van der Waals surface area contributed by atoms with Crippen molar-refractivity contribution < 1.29 is 0 Å². The Balaban J connectivity index is 1.90. The average Bonchev–Trinajstić information content (AvgIpc) is 2.91. The number of nitrogens with one attached hydrogen (secondary N) is 2. The van der Waals surface area contributed by atoms with E-state index in [0.717, 1.165) is 15.9 Å². The molecule has 0 fully saturated rings. The fourth-order valence-corrected chi connectivity index (χ4v) is 2.82. The molecule has 3 aromatic rings. The van der Waals surface area contributed by atoms with Gasteiger partial charge < -0.3 is 5.32 Å². The Kier molecular flexibility index (Phi) is 4.01. The van der Waals surface area contributed by atoms with Crippen LogP contribution in [0.15, 0.2) is 53.5 Å². The van der Waals surface area contributed by atoms with Crippen molar-refractivity contribution in [1.82, 2.24) is 10.4 Å². The van der Waals surface area contributed by atoms with Gasteiger partial charge in [0, 0.05) is 0 Å². The number of aromatic nitrogens is 1. The van der Waals surface area contributed by atoms with Gasteiger partial charge in [-0.3, -0.25) is 5.43 Å². The van der Waals surface area contributed by atoms with Crippen molar-refractivity contribution in [2.24, 2.45) is 10.8 Å². The molecule has 2 aromatic carbocycles. The number of para-hydroxylation sites is 2. The number of hydrogen-bond acceptors (Lipinski definition) is 4. The third-order valence-corrected chi connectivity index (χ3v) is 4.01. The van der Waals surface area contributed by atoms with Gasteiger partial charge in [-0.15, -0.1) is 0 Å². The average molecular weight is 318 g/mol. The first-order chi connectivity index (χ1) is 10.3. The number of hydrazine groups is 1. The van der Waals surface area contributed by atoms with Gasteiger partial charge in [0.2, 0.25) is 11.1 Å². The van der Waals surface area contributed by atoms with Crippen LogP contribution in [-0.2, 0) is 0 Å². The molecular weight excluding hydrogens is 306 g/mol. The summed E-state index contributed by atoms with van der Waals surface area (Å²) in [7, 11) is 0. The minimum Gasteiger partial charge on any atom is -0.324 e. The summed E-state index contributed by atoms with van der Waals surface area (Å²) in [6, 6.07) is 15.2. The Hall–Kier alpha value is -2.15. The SMILES string of the molecule is NN/C(=N\c1nc2ccccc2s1)Nc1ccccc1Cl. The highest BCUT2D eigenvalue weighted by Gasteiger charge is 2.05. The molecule has 21 heavy (non-hydrogen) atoms. The molecule has 0 spiro atoms. The molecule has 0 unspecified atom stereocenters. The molecule has 0 saturated carbocycles. The largest absolute Gasteiger partial charge is 0.324 e. The number of halogens is 1. The highest BCUT2D eigenvalue weighted by atomic mass is 35.5. The standard InChI is InChI=1S/C14H12ClN5S/c15-9-5-1-2-6-10(9)17-13(20-16)19-14-18-11-7-3-4-8-12(11)21-14/h1-8H,16H2,(H2,17,18,19,20). The second-order valence-corrected chi connectivity index (χ2v) is 5.59. The van der Waals surface area contributed by atoms with Crippen molar-refractivity contribution in [3.05, 3.63) is 53.6 Å². The first kappa shape index (κ1) is 13.8. The lowest BCUT2D eigenvalue weighted by atomic mass is 10.3. The number of benzene rings is 2. The van der Waals surface area contributed by atoms with E-state index in [1.165, 1.54) is 11.3 Å². The van der Waals surface area contributed by atoms with Crippen LogP contribution in [0.25, 0.3) is 10.2 Å². The number of fused-ring (bicyclic) bond motifs is 1. The molecular formula is C14H12ClN5S. The van der Waals surface area contributed by atoms with Crippen molar-refractivity contribution in [3.63, 3.8) is 0 Å². The molecule has 0 bridgehead atoms. The topological polar surface area (TPSA) is 75.3 Å². The molecule has 0 amide bonds. The first-order valence-electron chi connectivity index (χ1n) is 6.19. The van der Waals surface area contributed by atoms with E-state index in [4.69, 9.17) is 17.4 Å². The fraction of sp³-hybridized carbons (Fsp3) is 0. The lowest BCUT2D eigenvalue weighted by Gasteiger charge is -2.09. The molecule has 0 atom stereocenters. The summed E-state index contributed by atoms with van der Waals surface area (Å²) in [5.41, 5.74) is 4.15. The Labute approximate surface area is 130 Å². The highest BCUT2D eigenvalue weighted by Crippen LogP contribution is 2.28. The third-order valence-electron chi connectivity index (χ3n) is 2.75. The van der Waals surface area contributed by atoms with E-state index >= 15 is 0 Å². The van der Waals surface area contributed by atoms with E-state index < -0.39 is 0 Å². The summed E-state index contributed by atoms with van der Waals surface area (Å²) in [5, 5.41) is 4.24. The summed E-state index contributed by atoms with van der Waals surface area (Å²) < 4.78 is 1.07. The second-order valence-electron chi connectivity index (χ2n) is 4.17. The Morgan fingerprint density at radius 3 is 2.67 bits per heavy atom. The van der Waals surface area contributed by atoms with Crippen LogP contribution in [0.2, 0.25) is 5.02 Å². The number of anilines is 1. The lowest BCUT2D eigenvalue weighted by Crippen LogP contribution is -2.36. The minimum absolute atomic E-state index is 0.377. The number of nitrogens with two attached hydrogens (primary N) is 1. The smallest absolute Gasteiger partial charge is 0.217 e. The van der Waals surface area contributed by atoms with E-state index in [-0.39, 0.29) is 0 Å². The summed E-state index contributed by atoms with van der Waals surface area (Å²) in [6.45, 7) is 0. The molecule has 0 aliphatic carbocycles. The van der Waals surface area contributed by atoms with Crippen molar-refractivity contribution in [2.45, 2.75) is 0 Å². The molecule has 3 rings (SSSR count). The van der Waals surface area contributed by atoms with Crippen molar-refractivity contribution in [3.8, 4) is 0 Å². The number of rotatable bonds is 2. The Morgan fingerprint density at radius 2 is 1.90 bits per heavy atom. The summed E-state index contributed by atoms with van der Waals surface area (Å²) in [5.74, 6) is 5.88. The van der Waals surface area contributed by atoms with Crippen molar-refractivity contribution in [2.75, 3.05) is 5.32 Å². The van der Waals surface area contributed by atoms with Gasteiger partial charge >= 0.3 is 0 Å². The predicted molar refractivity (Wildman–Crippen MR) is 89.1 cm³/mol. The van der Waals surface area contributed by atoms with Gasteiger partial charge in [-0.25, -0.2) is 10.8 Å². The van der Waals surface area contributed by atoms with Gasteiger partial charge in [-0.05, 0) is 24.3 Å². The lowest BCUT2D eigenvalue weighted by molar-refractivity contribution is 1.02.